The SMILES string of the molecule is Cc1cc2[nH]ncc2c(=O)n1Cc1ccccc1. The van der Waals surface area contributed by atoms with Crippen LogP contribution in [0.1, 0.15) is 11.3 Å². The zero-order valence-corrected chi connectivity index (χ0v) is 10.1. The zero-order chi connectivity index (χ0) is 12.5. The fourth-order valence-corrected chi connectivity index (χ4v) is 2.13. The highest BCUT2D eigenvalue weighted by Crippen LogP contribution is 2.10. The van der Waals surface area contributed by atoms with Gasteiger partial charge < -0.3 is 4.57 Å². The maximum absolute atomic E-state index is 12.3. The number of hydrogen-bond acceptors (Lipinski definition) is 2. The number of aromatic amines is 1. The first-order chi connectivity index (χ1) is 8.75. The van der Waals surface area contributed by atoms with Crippen molar-refractivity contribution in [1.82, 2.24) is 14.8 Å². The quantitative estimate of drug-likeness (QED) is 0.744. The van der Waals surface area contributed by atoms with Crippen LogP contribution in [0.4, 0.5) is 0 Å². The van der Waals surface area contributed by atoms with Crippen LogP contribution in [-0.4, -0.2) is 14.8 Å². The molecule has 0 aliphatic carbocycles. The summed E-state index contributed by atoms with van der Waals surface area (Å²) in [6.45, 7) is 2.53. The Kier molecular flexibility index (Phi) is 2.48. The number of pyridine rings is 1. The Balaban J connectivity index is 2.14. The second kappa shape index (κ2) is 4.14. The van der Waals surface area contributed by atoms with Crippen molar-refractivity contribution in [3.8, 4) is 0 Å². The van der Waals surface area contributed by atoms with Crippen molar-refractivity contribution in [3.05, 3.63) is 64.2 Å². The Morgan fingerprint density at radius 2 is 2.06 bits per heavy atom. The second-order valence-corrected chi connectivity index (χ2v) is 4.36. The molecule has 0 aliphatic rings. The molecule has 2 aromatic heterocycles. The molecular formula is C14H13N3O. The van der Waals surface area contributed by atoms with Crippen LogP contribution < -0.4 is 5.56 Å². The van der Waals surface area contributed by atoms with Crippen LogP contribution in [0.15, 0.2) is 47.4 Å². The number of aryl methyl sites for hydroxylation is 1. The maximum atomic E-state index is 12.3. The molecule has 0 radical (unpaired) electrons. The average molecular weight is 239 g/mol. The van der Waals surface area contributed by atoms with Crippen LogP contribution in [0.25, 0.3) is 10.9 Å². The summed E-state index contributed by atoms with van der Waals surface area (Å²) in [4.78, 5) is 12.3. The highest BCUT2D eigenvalue weighted by atomic mass is 16.1. The molecule has 1 aromatic carbocycles. The third-order valence-electron chi connectivity index (χ3n) is 3.11. The van der Waals surface area contributed by atoms with E-state index in [1.807, 2.05) is 43.3 Å². The van der Waals surface area contributed by atoms with Crippen molar-refractivity contribution in [1.29, 1.82) is 0 Å². The van der Waals surface area contributed by atoms with Gasteiger partial charge in [0.15, 0.2) is 0 Å². The van der Waals surface area contributed by atoms with Gasteiger partial charge in [-0.1, -0.05) is 30.3 Å². The number of aromatic nitrogens is 3. The van der Waals surface area contributed by atoms with Gasteiger partial charge in [-0.25, -0.2) is 0 Å². The van der Waals surface area contributed by atoms with Crippen LogP contribution in [0.5, 0.6) is 0 Å². The maximum Gasteiger partial charge on any atom is 0.262 e. The lowest BCUT2D eigenvalue weighted by Crippen LogP contribution is -2.22. The van der Waals surface area contributed by atoms with Gasteiger partial charge in [-0.05, 0) is 18.6 Å². The predicted molar refractivity (Wildman–Crippen MR) is 70.6 cm³/mol. The summed E-state index contributed by atoms with van der Waals surface area (Å²) in [5.74, 6) is 0. The smallest absolute Gasteiger partial charge is 0.262 e. The van der Waals surface area contributed by atoms with E-state index in [0.29, 0.717) is 11.9 Å². The van der Waals surface area contributed by atoms with Crippen LogP contribution >= 0.6 is 0 Å². The average Bonchev–Trinajstić information content (AvgIpc) is 2.84. The first kappa shape index (κ1) is 10.8. The number of rotatable bonds is 2. The van der Waals surface area contributed by atoms with Gasteiger partial charge in [0.1, 0.15) is 0 Å². The predicted octanol–water partition coefficient (Wildman–Crippen LogP) is 2.08. The lowest BCUT2D eigenvalue weighted by molar-refractivity contribution is 0.738. The summed E-state index contributed by atoms with van der Waals surface area (Å²) in [5.41, 5.74) is 2.84. The van der Waals surface area contributed by atoms with E-state index in [0.717, 1.165) is 16.8 Å². The molecule has 0 aliphatic heterocycles. The Bertz CT molecular complexity index is 741. The van der Waals surface area contributed by atoms with Gasteiger partial charge in [-0.2, -0.15) is 5.10 Å². The summed E-state index contributed by atoms with van der Waals surface area (Å²) >= 11 is 0. The molecule has 0 atom stereocenters. The molecule has 0 spiro atoms. The molecule has 0 saturated carbocycles. The van der Waals surface area contributed by atoms with Gasteiger partial charge >= 0.3 is 0 Å². The van der Waals surface area contributed by atoms with E-state index in [4.69, 9.17) is 0 Å². The summed E-state index contributed by atoms with van der Waals surface area (Å²) in [7, 11) is 0. The number of hydrogen-bond donors (Lipinski definition) is 1. The molecule has 4 heteroatoms. The molecule has 4 nitrogen and oxygen atoms in total. The standard InChI is InChI=1S/C14H13N3O/c1-10-7-13-12(8-15-16-13)14(18)17(10)9-11-5-3-2-4-6-11/h2-8H,9H2,1H3,(H,15,16). The number of fused-ring (bicyclic) bond motifs is 1. The fourth-order valence-electron chi connectivity index (χ4n) is 2.13. The van der Waals surface area contributed by atoms with E-state index < -0.39 is 0 Å². The van der Waals surface area contributed by atoms with Crippen LogP contribution in [0.2, 0.25) is 0 Å². The number of benzene rings is 1. The third-order valence-corrected chi connectivity index (χ3v) is 3.11. The van der Waals surface area contributed by atoms with Gasteiger partial charge in [-0.3, -0.25) is 9.89 Å². The van der Waals surface area contributed by atoms with Gasteiger partial charge in [0.05, 0.1) is 23.6 Å². The Morgan fingerprint density at radius 3 is 2.83 bits per heavy atom. The van der Waals surface area contributed by atoms with Crippen LogP contribution in [0.3, 0.4) is 0 Å². The Labute approximate surface area is 104 Å². The van der Waals surface area contributed by atoms with E-state index >= 15 is 0 Å². The van der Waals surface area contributed by atoms with Crippen molar-refractivity contribution in [2.45, 2.75) is 13.5 Å². The van der Waals surface area contributed by atoms with Crippen LogP contribution in [0, 0.1) is 6.92 Å². The molecule has 0 unspecified atom stereocenters. The largest absolute Gasteiger partial charge is 0.308 e. The first-order valence-electron chi connectivity index (χ1n) is 5.83. The number of nitrogens with one attached hydrogen (secondary N) is 1. The van der Waals surface area contributed by atoms with Crippen molar-refractivity contribution < 1.29 is 0 Å². The molecule has 3 aromatic rings. The lowest BCUT2D eigenvalue weighted by atomic mass is 10.2. The molecule has 0 amide bonds. The highest BCUT2D eigenvalue weighted by Gasteiger charge is 2.08. The van der Waals surface area contributed by atoms with Crippen molar-refractivity contribution in [2.24, 2.45) is 0 Å². The van der Waals surface area contributed by atoms with E-state index in [1.165, 1.54) is 0 Å². The van der Waals surface area contributed by atoms with Gasteiger partial charge in [0.2, 0.25) is 0 Å². The summed E-state index contributed by atoms with van der Waals surface area (Å²) < 4.78 is 1.77. The van der Waals surface area contributed by atoms with Gasteiger partial charge in [0, 0.05) is 5.69 Å². The van der Waals surface area contributed by atoms with Crippen molar-refractivity contribution >= 4 is 10.9 Å². The van der Waals surface area contributed by atoms with Gasteiger partial charge in [-0.15, -0.1) is 0 Å². The summed E-state index contributed by atoms with van der Waals surface area (Å²) in [5, 5.41) is 7.38. The normalized spacial score (nSPS) is 10.9. The second-order valence-electron chi connectivity index (χ2n) is 4.36. The van der Waals surface area contributed by atoms with Crippen LogP contribution in [-0.2, 0) is 6.54 Å². The molecule has 1 N–H and O–H groups in total. The molecular weight excluding hydrogens is 226 g/mol. The minimum Gasteiger partial charge on any atom is -0.308 e. The van der Waals surface area contributed by atoms with Crippen molar-refractivity contribution in [2.75, 3.05) is 0 Å². The molecule has 90 valence electrons. The minimum absolute atomic E-state index is 0.00241. The summed E-state index contributed by atoms with van der Waals surface area (Å²) in [6, 6.07) is 11.9. The molecule has 3 rings (SSSR count). The molecule has 0 fully saturated rings. The third kappa shape index (κ3) is 1.72. The fraction of sp³-hybridized carbons (Fsp3) is 0.143. The number of nitrogens with zero attached hydrogens (tertiary/aromatic N) is 2. The van der Waals surface area contributed by atoms with Crippen molar-refractivity contribution in [3.63, 3.8) is 0 Å². The monoisotopic (exact) mass is 239 g/mol. The first-order valence-corrected chi connectivity index (χ1v) is 5.83. The molecule has 2 heterocycles. The van der Waals surface area contributed by atoms with Gasteiger partial charge in [0.25, 0.3) is 5.56 Å². The van der Waals surface area contributed by atoms with E-state index in [9.17, 15) is 4.79 Å². The Hall–Kier alpha value is -2.36. The topological polar surface area (TPSA) is 50.7 Å². The highest BCUT2D eigenvalue weighted by molar-refractivity contribution is 5.77. The molecule has 0 bridgehead atoms. The van der Waals surface area contributed by atoms with E-state index in [2.05, 4.69) is 10.2 Å². The molecule has 18 heavy (non-hydrogen) atoms. The van der Waals surface area contributed by atoms with E-state index in [1.54, 1.807) is 10.8 Å². The molecule has 0 saturated heterocycles. The Morgan fingerprint density at radius 1 is 1.28 bits per heavy atom. The minimum atomic E-state index is 0.00241. The summed E-state index contributed by atoms with van der Waals surface area (Å²) in [6.07, 6.45) is 1.58. The lowest BCUT2D eigenvalue weighted by Gasteiger charge is -2.10. The zero-order valence-electron chi connectivity index (χ0n) is 10.1. The van der Waals surface area contributed by atoms with E-state index in [-0.39, 0.29) is 5.56 Å². The number of H-pyrrole nitrogens is 1.